The van der Waals surface area contributed by atoms with E-state index < -0.39 is 0 Å². The lowest BCUT2D eigenvalue weighted by atomic mass is 10.1. The van der Waals surface area contributed by atoms with Crippen LogP contribution in [0.2, 0.25) is 0 Å². The van der Waals surface area contributed by atoms with Crippen LogP contribution in [0.15, 0.2) is 48.5 Å². The highest BCUT2D eigenvalue weighted by molar-refractivity contribution is 5.97. The maximum Gasteiger partial charge on any atom is 0.257 e. The summed E-state index contributed by atoms with van der Waals surface area (Å²) in [5, 5.41) is 0. The van der Waals surface area contributed by atoms with E-state index in [2.05, 4.69) is 0 Å². The lowest BCUT2D eigenvalue weighted by Crippen LogP contribution is -2.28. The molecular formula is C18H20N2O2. The van der Waals surface area contributed by atoms with Crippen molar-refractivity contribution < 1.29 is 9.53 Å². The molecule has 22 heavy (non-hydrogen) atoms. The van der Waals surface area contributed by atoms with Crippen molar-refractivity contribution in [3.63, 3.8) is 0 Å². The first-order valence-corrected chi connectivity index (χ1v) is 7.59. The Morgan fingerprint density at radius 1 is 1.09 bits per heavy atom. The summed E-state index contributed by atoms with van der Waals surface area (Å²) in [4.78, 5) is 14.5. The number of hydrogen-bond donors (Lipinski definition) is 1. The van der Waals surface area contributed by atoms with E-state index in [1.54, 1.807) is 18.2 Å². The lowest BCUT2D eigenvalue weighted by molar-refractivity contribution is 0.0788. The number of benzene rings is 2. The fourth-order valence-corrected chi connectivity index (χ4v) is 2.66. The molecule has 1 heterocycles. The Morgan fingerprint density at radius 2 is 1.82 bits per heavy atom. The largest absolute Gasteiger partial charge is 0.488 e. The molecule has 2 N–H and O–H groups in total. The number of likely N-dealkylation sites (tertiary alicyclic amines) is 1. The van der Waals surface area contributed by atoms with Crippen LogP contribution in [-0.2, 0) is 6.61 Å². The van der Waals surface area contributed by atoms with Gasteiger partial charge in [0.25, 0.3) is 5.91 Å². The summed E-state index contributed by atoms with van der Waals surface area (Å²) in [7, 11) is 0. The molecule has 0 atom stereocenters. The second kappa shape index (κ2) is 6.52. The van der Waals surface area contributed by atoms with Gasteiger partial charge in [0, 0.05) is 24.8 Å². The molecule has 1 aliphatic rings. The standard InChI is InChI=1S/C18H20N2O2/c19-15-8-9-16(18(21)20-10-4-5-11-20)17(12-15)22-13-14-6-2-1-3-7-14/h1-3,6-9,12H,4-5,10-11,13,19H2. The van der Waals surface area contributed by atoms with Gasteiger partial charge in [-0.05, 0) is 30.5 Å². The normalized spacial score (nSPS) is 14.1. The zero-order valence-corrected chi connectivity index (χ0v) is 12.5. The van der Waals surface area contributed by atoms with Gasteiger partial charge in [-0.3, -0.25) is 4.79 Å². The topological polar surface area (TPSA) is 55.6 Å². The third kappa shape index (κ3) is 3.22. The van der Waals surface area contributed by atoms with Crippen molar-refractivity contribution in [1.82, 2.24) is 4.90 Å². The van der Waals surface area contributed by atoms with Crippen molar-refractivity contribution in [3.05, 3.63) is 59.7 Å². The average Bonchev–Trinajstić information content (AvgIpc) is 3.08. The Balaban J connectivity index is 1.79. The van der Waals surface area contributed by atoms with E-state index in [1.165, 1.54) is 0 Å². The molecule has 2 aromatic carbocycles. The number of carbonyl (C=O) groups excluding carboxylic acids is 1. The maximum atomic E-state index is 12.6. The number of carbonyl (C=O) groups is 1. The van der Waals surface area contributed by atoms with Crippen LogP contribution >= 0.6 is 0 Å². The molecule has 0 spiro atoms. The van der Waals surface area contributed by atoms with Crippen LogP contribution in [0.5, 0.6) is 5.75 Å². The third-order valence-electron chi connectivity index (χ3n) is 3.87. The van der Waals surface area contributed by atoms with Crippen molar-refractivity contribution in [2.75, 3.05) is 18.8 Å². The number of rotatable bonds is 4. The fraction of sp³-hybridized carbons (Fsp3) is 0.278. The van der Waals surface area contributed by atoms with Gasteiger partial charge in [-0.25, -0.2) is 0 Å². The fourth-order valence-electron chi connectivity index (χ4n) is 2.66. The van der Waals surface area contributed by atoms with E-state index in [4.69, 9.17) is 10.5 Å². The second-order valence-corrected chi connectivity index (χ2v) is 5.53. The molecule has 2 aromatic rings. The van der Waals surface area contributed by atoms with Crippen molar-refractivity contribution in [3.8, 4) is 5.75 Å². The lowest BCUT2D eigenvalue weighted by Gasteiger charge is -2.18. The number of ether oxygens (including phenoxy) is 1. The summed E-state index contributed by atoms with van der Waals surface area (Å²) in [5.41, 5.74) is 8.09. The smallest absolute Gasteiger partial charge is 0.257 e. The third-order valence-corrected chi connectivity index (χ3v) is 3.87. The molecule has 0 unspecified atom stereocenters. The molecule has 0 aromatic heterocycles. The number of anilines is 1. The van der Waals surface area contributed by atoms with E-state index in [0.29, 0.717) is 23.6 Å². The molecule has 0 saturated carbocycles. The van der Waals surface area contributed by atoms with Gasteiger partial charge in [-0.2, -0.15) is 0 Å². The molecule has 0 radical (unpaired) electrons. The summed E-state index contributed by atoms with van der Waals surface area (Å²) < 4.78 is 5.86. The van der Waals surface area contributed by atoms with Crippen molar-refractivity contribution >= 4 is 11.6 Å². The minimum absolute atomic E-state index is 0.0283. The van der Waals surface area contributed by atoms with Crippen LogP contribution in [0.1, 0.15) is 28.8 Å². The summed E-state index contributed by atoms with van der Waals surface area (Å²) in [6.07, 6.45) is 2.14. The average molecular weight is 296 g/mol. The number of amides is 1. The highest BCUT2D eigenvalue weighted by Gasteiger charge is 2.22. The van der Waals surface area contributed by atoms with E-state index in [0.717, 1.165) is 31.5 Å². The van der Waals surface area contributed by atoms with Gasteiger partial charge in [-0.1, -0.05) is 30.3 Å². The summed E-state index contributed by atoms with van der Waals surface area (Å²) in [5.74, 6) is 0.585. The van der Waals surface area contributed by atoms with Crippen LogP contribution in [-0.4, -0.2) is 23.9 Å². The Kier molecular flexibility index (Phi) is 4.28. The van der Waals surface area contributed by atoms with Gasteiger partial charge in [0.2, 0.25) is 0 Å². The zero-order chi connectivity index (χ0) is 15.4. The maximum absolute atomic E-state index is 12.6. The van der Waals surface area contributed by atoms with Crippen molar-refractivity contribution in [2.24, 2.45) is 0 Å². The number of nitrogen functional groups attached to an aromatic ring is 1. The first-order valence-electron chi connectivity index (χ1n) is 7.59. The Labute approximate surface area is 130 Å². The summed E-state index contributed by atoms with van der Waals surface area (Å²) in [6.45, 7) is 2.06. The van der Waals surface area contributed by atoms with E-state index >= 15 is 0 Å². The molecule has 1 amide bonds. The number of nitrogens with two attached hydrogens (primary N) is 1. The molecule has 4 nitrogen and oxygen atoms in total. The molecular weight excluding hydrogens is 276 g/mol. The van der Waals surface area contributed by atoms with Crippen LogP contribution in [0.25, 0.3) is 0 Å². The van der Waals surface area contributed by atoms with Crippen LogP contribution < -0.4 is 10.5 Å². The van der Waals surface area contributed by atoms with Crippen LogP contribution in [0.3, 0.4) is 0 Å². The van der Waals surface area contributed by atoms with Crippen molar-refractivity contribution in [1.29, 1.82) is 0 Å². The van der Waals surface area contributed by atoms with E-state index in [9.17, 15) is 4.79 Å². The molecule has 0 aliphatic carbocycles. The Hall–Kier alpha value is -2.49. The van der Waals surface area contributed by atoms with Crippen LogP contribution in [0, 0.1) is 0 Å². The molecule has 4 heteroatoms. The van der Waals surface area contributed by atoms with E-state index in [-0.39, 0.29) is 5.91 Å². The minimum atomic E-state index is 0.0283. The monoisotopic (exact) mass is 296 g/mol. The second-order valence-electron chi connectivity index (χ2n) is 5.53. The highest BCUT2D eigenvalue weighted by Crippen LogP contribution is 2.25. The van der Waals surface area contributed by atoms with Crippen molar-refractivity contribution in [2.45, 2.75) is 19.4 Å². The Morgan fingerprint density at radius 3 is 2.55 bits per heavy atom. The van der Waals surface area contributed by atoms with Gasteiger partial charge in [0.15, 0.2) is 0 Å². The summed E-state index contributed by atoms with van der Waals surface area (Å²) >= 11 is 0. The predicted octanol–water partition coefficient (Wildman–Crippen LogP) is 3.08. The molecule has 3 rings (SSSR count). The number of hydrogen-bond acceptors (Lipinski definition) is 3. The highest BCUT2D eigenvalue weighted by atomic mass is 16.5. The van der Waals surface area contributed by atoms with Gasteiger partial charge < -0.3 is 15.4 Å². The minimum Gasteiger partial charge on any atom is -0.488 e. The number of nitrogens with zero attached hydrogens (tertiary/aromatic N) is 1. The molecule has 1 fully saturated rings. The Bertz CT molecular complexity index is 649. The first-order chi connectivity index (χ1) is 10.7. The van der Waals surface area contributed by atoms with Gasteiger partial charge >= 0.3 is 0 Å². The molecule has 0 bridgehead atoms. The van der Waals surface area contributed by atoms with Gasteiger partial charge in [0.05, 0.1) is 5.56 Å². The molecule has 1 aliphatic heterocycles. The zero-order valence-electron chi connectivity index (χ0n) is 12.5. The SMILES string of the molecule is Nc1ccc(C(=O)N2CCCC2)c(OCc2ccccc2)c1. The predicted molar refractivity (Wildman–Crippen MR) is 86.8 cm³/mol. The molecule has 114 valence electrons. The molecule has 1 saturated heterocycles. The van der Waals surface area contributed by atoms with Crippen LogP contribution in [0.4, 0.5) is 5.69 Å². The first kappa shape index (κ1) is 14.4. The van der Waals surface area contributed by atoms with Gasteiger partial charge in [-0.15, -0.1) is 0 Å². The summed E-state index contributed by atoms with van der Waals surface area (Å²) in [6, 6.07) is 15.1. The quantitative estimate of drug-likeness (QED) is 0.882. The van der Waals surface area contributed by atoms with E-state index in [1.807, 2.05) is 35.2 Å². The van der Waals surface area contributed by atoms with Gasteiger partial charge in [0.1, 0.15) is 12.4 Å².